The van der Waals surface area contributed by atoms with Gasteiger partial charge in [-0.25, -0.2) is 9.59 Å². The first kappa shape index (κ1) is 45.1. The molecular weight excluding hydrogens is 656 g/mol. The van der Waals surface area contributed by atoms with Crippen LogP contribution in [0.1, 0.15) is 171 Å². The second-order valence-corrected chi connectivity index (χ2v) is 15.1. The number of nitrogens with one attached hydrogen (secondary N) is 1. The summed E-state index contributed by atoms with van der Waals surface area (Å²) in [6.07, 6.45) is 15.7. The molecule has 288 valence electrons. The first-order chi connectivity index (χ1) is 23.9. The highest BCUT2D eigenvalue weighted by molar-refractivity contribution is 5.99. The van der Waals surface area contributed by atoms with E-state index in [0.29, 0.717) is 12.8 Å². The van der Waals surface area contributed by atoms with Gasteiger partial charge in [0.15, 0.2) is 0 Å². The van der Waals surface area contributed by atoms with Crippen molar-refractivity contribution in [1.82, 2.24) is 4.90 Å². The second-order valence-electron chi connectivity index (χ2n) is 15.1. The maximum atomic E-state index is 13.1. The molecule has 0 aliphatic heterocycles. The van der Waals surface area contributed by atoms with Gasteiger partial charge in [-0.3, -0.25) is 19.2 Å². The number of amides is 2. The predicted molar refractivity (Wildman–Crippen MR) is 196 cm³/mol. The number of ether oxygens (including phenoxy) is 2. The molecular formula is C39H62N2O10. The SMILES string of the molecule is CC(C)(C)OC(=O)CCCCCCCCCCCCCCCCC(=O)N(CCC(=O)OC(C)(C)C)CC(=O)Nc1cc(C(=O)O)cc(C(=O)O)c1. The molecule has 12 heteroatoms. The zero-order valence-electron chi connectivity index (χ0n) is 31.8. The zero-order chi connectivity index (χ0) is 38.5. The molecule has 0 saturated heterocycles. The number of rotatable bonds is 25. The molecule has 3 N–H and O–H groups in total. The van der Waals surface area contributed by atoms with Crippen LogP contribution in [0.4, 0.5) is 5.69 Å². The standard InChI is InChI=1S/C39H62N2O10/c1-38(2,3)50-34(44)22-20-18-16-14-12-10-8-7-9-11-13-15-17-19-21-33(43)41(24-23-35(45)51-39(4,5)6)28-32(42)40-31-26-29(36(46)47)25-30(27-31)37(48)49/h25-27H,7-24,28H2,1-6H3,(H,40,42)(H,46,47)(H,48,49). The van der Waals surface area contributed by atoms with Crippen LogP contribution in [-0.4, -0.2) is 75.1 Å². The van der Waals surface area contributed by atoms with Crippen molar-refractivity contribution in [2.45, 2.75) is 162 Å². The molecule has 1 aromatic carbocycles. The van der Waals surface area contributed by atoms with Gasteiger partial charge in [-0.2, -0.15) is 0 Å². The molecule has 0 spiro atoms. The number of aromatic carboxylic acids is 2. The largest absolute Gasteiger partial charge is 0.478 e. The summed E-state index contributed by atoms with van der Waals surface area (Å²) >= 11 is 0. The fraction of sp³-hybridized carbons (Fsp3) is 0.692. The minimum atomic E-state index is -1.35. The third-order valence-electron chi connectivity index (χ3n) is 7.85. The number of carboxylic acids is 2. The lowest BCUT2D eigenvalue weighted by atomic mass is 10.0. The van der Waals surface area contributed by atoms with Crippen LogP contribution in [0.5, 0.6) is 0 Å². The van der Waals surface area contributed by atoms with Crippen molar-refractivity contribution in [2.24, 2.45) is 0 Å². The minimum Gasteiger partial charge on any atom is -0.478 e. The van der Waals surface area contributed by atoms with E-state index in [1.54, 1.807) is 20.8 Å². The molecule has 0 aromatic heterocycles. The Balaban J connectivity index is 2.39. The first-order valence-electron chi connectivity index (χ1n) is 18.5. The Morgan fingerprint density at radius 2 is 0.941 bits per heavy atom. The van der Waals surface area contributed by atoms with Gasteiger partial charge < -0.3 is 29.9 Å². The van der Waals surface area contributed by atoms with E-state index < -0.39 is 41.6 Å². The van der Waals surface area contributed by atoms with E-state index in [1.165, 1.54) is 43.4 Å². The molecule has 2 amide bonds. The van der Waals surface area contributed by atoms with Crippen LogP contribution in [0.3, 0.4) is 0 Å². The molecule has 0 bridgehead atoms. The van der Waals surface area contributed by atoms with Gasteiger partial charge in [-0.15, -0.1) is 0 Å². The molecule has 0 heterocycles. The van der Waals surface area contributed by atoms with Crippen molar-refractivity contribution in [3.63, 3.8) is 0 Å². The zero-order valence-corrected chi connectivity index (χ0v) is 31.8. The lowest BCUT2D eigenvalue weighted by molar-refractivity contribution is -0.156. The fourth-order valence-electron chi connectivity index (χ4n) is 5.45. The summed E-state index contributed by atoms with van der Waals surface area (Å²) in [5.41, 5.74) is -1.76. The Kier molecular flexibility index (Phi) is 20.8. The normalized spacial score (nSPS) is 11.5. The van der Waals surface area contributed by atoms with Crippen molar-refractivity contribution in [1.29, 1.82) is 0 Å². The molecule has 51 heavy (non-hydrogen) atoms. The molecule has 0 saturated carbocycles. The molecule has 1 rings (SSSR count). The number of hydrogen-bond donors (Lipinski definition) is 3. The van der Waals surface area contributed by atoms with Crippen molar-refractivity contribution < 1.29 is 48.5 Å². The van der Waals surface area contributed by atoms with Gasteiger partial charge in [0.25, 0.3) is 0 Å². The third-order valence-corrected chi connectivity index (χ3v) is 7.85. The lowest BCUT2D eigenvalue weighted by Gasteiger charge is -2.24. The van der Waals surface area contributed by atoms with E-state index in [9.17, 15) is 39.0 Å². The molecule has 0 radical (unpaired) electrons. The summed E-state index contributed by atoms with van der Waals surface area (Å²) in [4.78, 5) is 74.3. The Hall–Kier alpha value is -3.96. The molecule has 0 atom stereocenters. The van der Waals surface area contributed by atoms with Crippen LogP contribution < -0.4 is 5.32 Å². The maximum absolute atomic E-state index is 13.1. The number of carbonyl (C=O) groups is 6. The van der Waals surface area contributed by atoms with Gasteiger partial charge in [0.05, 0.1) is 24.1 Å². The van der Waals surface area contributed by atoms with Crippen LogP contribution in [-0.2, 0) is 28.7 Å². The number of esters is 2. The van der Waals surface area contributed by atoms with Gasteiger partial charge in [-0.05, 0) is 72.6 Å². The molecule has 12 nitrogen and oxygen atoms in total. The number of hydrogen-bond acceptors (Lipinski definition) is 8. The topological polar surface area (TPSA) is 177 Å². The number of unbranched alkanes of at least 4 members (excludes halogenated alkanes) is 13. The smallest absolute Gasteiger partial charge is 0.335 e. The van der Waals surface area contributed by atoms with Gasteiger partial charge in [-0.1, -0.05) is 77.0 Å². The average Bonchev–Trinajstić information content (AvgIpc) is 3.00. The summed E-state index contributed by atoms with van der Waals surface area (Å²) in [5, 5.41) is 21.1. The van der Waals surface area contributed by atoms with Crippen LogP contribution >= 0.6 is 0 Å². The van der Waals surface area contributed by atoms with Crippen LogP contribution in [0, 0.1) is 0 Å². The molecule has 0 fully saturated rings. The van der Waals surface area contributed by atoms with Crippen molar-refractivity contribution in [2.75, 3.05) is 18.4 Å². The summed E-state index contributed by atoms with van der Waals surface area (Å²) in [6, 6.07) is 3.27. The monoisotopic (exact) mass is 718 g/mol. The van der Waals surface area contributed by atoms with Crippen molar-refractivity contribution >= 4 is 41.4 Å². The predicted octanol–water partition coefficient (Wildman–Crippen LogP) is 8.17. The van der Waals surface area contributed by atoms with Crippen LogP contribution in [0.2, 0.25) is 0 Å². The van der Waals surface area contributed by atoms with Crippen molar-refractivity contribution in [3.8, 4) is 0 Å². The number of carboxylic acid groups (broad SMARTS) is 2. The van der Waals surface area contributed by atoms with E-state index in [2.05, 4.69) is 5.32 Å². The lowest BCUT2D eigenvalue weighted by Crippen LogP contribution is -2.39. The first-order valence-corrected chi connectivity index (χ1v) is 18.5. The van der Waals surface area contributed by atoms with Gasteiger partial charge in [0.2, 0.25) is 11.8 Å². The van der Waals surface area contributed by atoms with E-state index in [1.807, 2.05) is 20.8 Å². The maximum Gasteiger partial charge on any atom is 0.335 e. The minimum absolute atomic E-state index is 0.0272. The second kappa shape index (κ2) is 23.5. The van der Waals surface area contributed by atoms with Crippen molar-refractivity contribution in [3.05, 3.63) is 29.3 Å². The molecule has 0 aliphatic carbocycles. The van der Waals surface area contributed by atoms with Crippen LogP contribution in [0.15, 0.2) is 18.2 Å². The Bertz CT molecular complexity index is 1250. The quantitative estimate of drug-likeness (QED) is 0.0660. The fourth-order valence-corrected chi connectivity index (χ4v) is 5.45. The molecule has 0 aliphatic rings. The summed E-state index contributed by atoms with van der Waals surface area (Å²) in [5.74, 6) is -4.26. The van der Waals surface area contributed by atoms with E-state index in [0.717, 1.165) is 63.1 Å². The van der Waals surface area contributed by atoms with E-state index in [4.69, 9.17) is 9.47 Å². The summed E-state index contributed by atoms with van der Waals surface area (Å²) in [6.45, 7) is 10.4. The third kappa shape index (κ3) is 23.2. The van der Waals surface area contributed by atoms with Gasteiger partial charge >= 0.3 is 23.9 Å². The number of anilines is 1. The van der Waals surface area contributed by atoms with E-state index in [-0.39, 0.29) is 48.1 Å². The van der Waals surface area contributed by atoms with Gasteiger partial charge in [0.1, 0.15) is 11.2 Å². The highest BCUT2D eigenvalue weighted by atomic mass is 16.6. The van der Waals surface area contributed by atoms with Crippen LogP contribution in [0.25, 0.3) is 0 Å². The molecule has 1 aromatic rings. The summed E-state index contributed by atoms with van der Waals surface area (Å²) < 4.78 is 10.7. The number of carbonyl (C=O) groups excluding carboxylic acids is 4. The van der Waals surface area contributed by atoms with Gasteiger partial charge in [0, 0.05) is 25.1 Å². The number of nitrogens with zero attached hydrogens (tertiary/aromatic N) is 1. The highest BCUT2D eigenvalue weighted by Gasteiger charge is 2.22. The highest BCUT2D eigenvalue weighted by Crippen LogP contribution is 2.18. The Labute approximate surface area is 304 Å². The molecule has 0 unspecified atom stereocenters. The Morgan fingerprint density at radius 3 is 1.33 bits per heavy atom. The Morgan fingerprint density at radius 1 is 0.569 bits per heavy atom. The van der Waals surface area contributed by atoms with E-state index >= 15 is 0 Å². The summed E-state index contributed by atoms with van der Waals surface area (Å²) in [7, 11) is 0. The number of benzene rings is 1. The average molecular weight is 719 g/mol.